The van der Waals surface area contributed by atoms with E-state index in [-0.39, 0.29) is 10.8 Å². The van der Waals surface area contributed by atoms with E-state index < -0.39 is 0 Å². The van der Waals surface area contributed by atoms with Crippen molar-refractivity contribution >= 4 is 49.5 Å². The molecule has 6 rings (SSSR count). The zero-order chi connectivity index (χ0) is 21.0. The van der Waals surface area contributed by atoms with Crippen LogP contribution in [0.2, 0.25) is 0 Å². The first-order valence-corrected chi connectivity index (χ1v) is 10.5. The second-order valence-corrected chi connectivity index (χ2v) is 10.5. The molecule has 0 amide bonds. The predicted octanol–water partition coefficient (Wildman–Crippen LogP) is 6.97. The molecule has 0 aliphatic heterocycles. The van der Waals surface area contributed by atoms with Crippen LogP contribution in [-0.2, 0) is 10.8 Å². The molecule has 0 aliphatic carbocycles. The lowest BCUT2D eigenvalue weighted by Crippen LogP contribution is -2.19. The van der Waals surface area contributed by atoms with Gasteiger partial charge in [0.05, 0.1) is 16.6 Å². The van der Waals surface area contributed by atoms with Crippen LogP contribution in [0.15, 0.2) is 46.9 Å². The molecule has 0 radical (unpaired) electrons. The van der Waals surface area contributed by atoms with Gasteiger partial charge in [-0.1, -0.05) is 47.6 Å². The van der Waals surface area contributed by atoms with E-state index in [2.05, 4.69) is 76.3 Å². The van der Waals surface area contributed by atoms with Crippen LogP contribution in [0, 0.1) is 0 Å². The average molecular weight is 396 g/mol. The Morgan fingerprint density at radius 2 is 1.40 bits per heavy atom. The Hall–Kier alpha value is -3.14. The Labute approximate surface area is 174 Å². The SMILES string of the molecule is CC(C)(C)c1ccc2c(c1)nc(C(C)(C)C)n1c3cc4c5ccc(o5)c4cc3nc21. The number of imidazole rings is 1. The smallest absolute Gasteiger partial charge is 0.148 e. The van der Waals surface area contributed by atoms with Gasteiger partial charge in [-0.3, -0.25) is 4.40 Å². The van der Waals surface area contributed by atoms with E-state index in [1.54, 1.807) is 0 Å². The lowest BCUT2D eigenvalue weighted by Gasteiger charge is -2.22. The highest BCUT2D eigenvalue weighted by molar-refractivity contribution is 6.12. The van der Waals surface area contributed by atoms with E-state index in [0.29, 0.717) is 0 Å². The largest absolute Gasteiger partial charge is 0.456 e. The Morgan fingerprint density at radius 3 is 2.07 bits per heavy atom. The number of nitrogens with zero attached hydrogens (tertiary/aromatic N) is 3. The van der Waals surface area contributed by atoms with E-state index in [1.807, 2.05) is 12.1 Å². The minimum atomic E-state index is -0.131. The third-order valence-electron chi connectivity index (χ3n) is 6.14. The molecule has 6 aromatic rings. The molecule has 0 atom stereocenters. The van der Waals surface area contributed by atoms with Crippen LogP contribution in [0.25, 0.3) is 49.5 Å². The van der Waals surface area contributed by atoms with E-state index in [0.717, 1.165) is 55.3 Å². The number of hydrogen-bond donors (Lipinski definition) is 0. The Bertz CT molecular complexity index is 1600. The van der Waals surface area contributed by atoms with E-state index in [4.69, 9.17) is 14.4 Å². The molecular formula is C26H25N3O. The van der Waals surface area contributed by atoms with Gasteiger partial charge in [-0.05, 0) is 47.4 Å². The molecule has 0 fully saturated rings. The number of aromatic nitrogens is 3. The molecule has 2 aromatic carbocycles. The Balaban J connectivity index is 1.81. The highest BCUT2D eigenvalue weighted by Crippen LogP contribution is 2.37. The lowest BCUT2D eigenvalue weighted by molar-refractivity contribution is 0.542. The normalized spacial score (nSPS) is 13.7. The Morgan fingerprint density at radius 1 is 0.700 bits per heavy atom. The first-order valence-electron chi connectivity index (χ1n) is 10.5. The molecule has 0 unspecified atom stereocenters. The number of furan rings is 2. The molecule has 4 nitrogen and oxygen atoms in total. The van der Waals surface area contributed by atoms with Crippen LogP contribution in [0.1, 0.15) is 52.9 Å². The van der Waals surface area contributed by atoms with Gasteiger partial charge in [0.2, 0.25) is 0 Å². The average Bonchev–Trinajstić information content (AvgIpc) is 3.37. The highest BCUT2D eigenvalue weighted by atomic mass is 16.3. The molecule has 0 spiro atoms. The minimum Gasteiger partial charge on any atom is -0.456 e. The van der Waals surface area contributed by atoms with Gasteiger partial charge in [-0.25, -0.2) is 9.97 Å². The number of hydrogen-bond acceptors (Lipinski definition) is 3. The summed E-state index contributed by atoms with van der Waals surface area (Å²) < 4.78 is 8.12. The van der Waals surface area contributed by atoms with Crippen LogP contribution >= 0.6 is 0 Å². The molecule has 4 heterocycles. The van der Waals surface area contributed by atoms with Gasteiger partial charge >= 0.3 is 0 Å². The molecule has 0 N–H and O–H groups in total. The molecule has 0 saturated heterocycles. The maximum atomic E-state index is 5.88. The van der Waals surface area contributed by atoms with Crippen LogP contribution in [0.5, 0.6) is 0 Å². The summed E-state index contributed by atoms with van der Waals surface area (Å²) in [7, 11) is 0. The predicted molar refractivity (Wildman–Crippen MR) is 124 cm³/mol. The number of fused-ring (bicyclic) bond motifs is 10. The second kappa shape index (κ2) is 5.31. The summed E-state index contributed by atoms with van der Waals surface area (Å²) in [5.41, 5.74) is 7.13. The highest BCUT2D eigenvalue weighted by Gasteiger charge is 2.25. The molecule has 150 valence electrons. The van der Waals surface area contributed by atoms with Crippen LogP contribution in [0.3, 0.4) is 0 Å². The monoisotopic (exact) mass is 395 g/mol. The number of benzene rings is 3. The van der Waals surface area contributed by atoms with Crippen molar-refractivity contribution in [2.75, 3.05) is 0 Å². The molecular weight excluding hydrogens is 370 g/mol. The third-order valence-corrected chi connectivity index (χ3v) is 6.14. The zero-order valence-corrected chi connectivity index (χ0v) is 18.3. The number of rotatable bonds is 0. The van der Waals surface area contributed by atoms with Crippen molar-refractivity contribution in [2.24, 2.45) is 0 Å². The summed E-state index contributed by atoms with van der Waals surface area (Å²) in [4.78, 5) is 10.3. The maximum Gasteiger partial charge on any atom is 0.148 e. The summed E-state index contributed by atoms with van der Waals surface area (Å²) in [6, 6.07) is 15.1. The van der Waals surface area contributed by atoms with Crippen molar-refractivity contribution in [1.29, 1.82) is 0 Å². The standard InChI is InChI=1S/C26H25N3O/c1-25(2,3)14-7-8-15-18(11-14)28-24(26(4,5)6)29-20-13-17-16(12-19(20)27-23(15)29)21-9-10-22(17)30-21/h7-13H,1-6H3. The van der Waals surface area contributed by atoms with Crippen molar-refractivity contribution in [3.63, 3.8) is 0 Å². The van der Waals surface area contributed by atoms with Gasteiger partial charge in [0, 0.05) is 21.6 Å². The molecule has 2 bridgehead atoms. The quantitative estimate of drug-likeness (QED) is 0.279. The van der Waals surface area contributed by atoms with Crippen molar-refractivity contribution in [3.05, 3.63) is 53.9 Å². The van der Waals surface area contributed by atoms with Crippen LogP contribution in [0.4, 0.5) is 0 Å². The topological polar surface area (TPSA) is 43.3 Å². The van der Waals surface area contributed by atoms with Crippen LogP contribution < -0.4 is 0 Å². The Kier molecular flexibility index (Phi) is 3.13. The molecule has 4 heteroatoms. The van der Waals surface area contributed by atoms with Crippen molar-refractivity contribution < 1.29 is 4.42 Å². The first kappa shape index (κ1) is 17.7. The fraction of sp³-hybridized carbons (Fsp3) is 0.308. The molecule has 0 aliphatic rings. The van der Waals surface area contributed by atoms with Gasteiger partial charge < -0.3 is 4.42 Å². The maximum absolute atomic E-state index is 5.88. The fourth-order valence-electron chi connectivity index (χ4n) is 4.50. The third kappa shape index (κ3) is 2.28. The fourth-order valence-corrected chi connectivity index (χ4v) is 4.50. The summed E-state index contributed by atoms with van der Waals surface area (Å²) in [5, 5.41) is 3.36. The van der Waals surface area contributed by atoms with Crippen molar-refractivity contribution in [2.45, 2.75) is 52.4 Å². The van der Waals surface area contributed by atoms with Crippen LogP contribution in [-0.4, -0.2) is 14.4 Å². The first-order chi connectivity index (χ1) is 14.1. The van der Waals surface area contributed by atoms with Gasteiger partial charge in [0.1, 0.15) is 22.6 Å². The summed E-state index contributed by atoms with van der Waals surface area (Å²) in [6.45, 7) is 13.4. The van der Waals surface area contributed by atoms with Crippen molar-refractivity contribution in [3.8, 4) is 0 Å². The molecule has 0 saturated carbocycles. The van der Waals surface area contributed by atoms with E-state index >= 15 is 0 Å². The second-order valence-electron chi connectivity index (χ2n) is 10.5. The summed E-state index contributed by atoms with van der Waals surface area (Å²) in [5.74, 6) is 1.02. The van der Waals surface area contributed by atoms with Crippen molar-refractivity contribution in [1.82, 2.24) is 14.4 Å². The molecule has 4 aromatic heterocycles. The van der Waals surface area contributed by atoms with Gasteiger partial charge in [-0.15, -0.1) is 0 Å². The van der Waals surface area contributed by atoms with Gasteiger partial charge in [0.25, 0.3) is 0 Å². The summed E-state index contributed by atoms with van der Waals surface area (Å²) in [6.07, 6.45) is 0. The van der Waals surface area contributed by atoms with Gasteiger partial charge in [0.15, 0.2) is 0 Å². The lowest BCUT2D eigenvalue weighted by atomic mass is 9.86. The van der Waals surface area contributed by atoms with Gasteiger partial charge in [-0.2, -0.15) is 0 Å². The van der Waals surface area contributed by atoms with E-state index in [9.17, 15) is 0 Å². The minimum absolute atomic E-state index is 0.0750. The van der Waals surface area contributed by atoms with E-state index in [1.165, 1.54) is 5.56 Å². The zero-order valence-electron chi connectivity index (χ0n) is 18.3. The molecule has 30 heavy (non-hydrogen) atoms. The summed E-state index contributed by atoms with van der Waals surface area (Å²) >= 11 is 0.